The van der Waals surface area contributed by atoms with E-state index in [4.69, 9.17) is 27.9 Å². The molecule has 2 aromatic rings. The van der Waals surface area contributed by atoms with E-state index in [-0.39, 0.29) is 4.90 Å². The van der Waals surface area contributed by atoms with Crippen LogP contribution in [0.1, 0.15) is 13.3 Å². The molecule has 0 spiro atoms. The second kappa shape index (κ2) is 9.22. The van der Waals surface area contributed by atoms with E-state index in [0.29, 0.717) is 48.6 Å². The summed E-state index contributed by atoms with van der Waals surface area (Å²) in [5, 5.41) is 1.20. The summed E-state index contributed by atoms with van der Waals surface area (Å²) < 4.78 is 34.0. The number of piperazine rings is 1. The van der Waals surface area contributed by atoms with Gasteiger partial charge in [0.15, 0.2) is 0 Å². The van der Waals surface area contributed by atoms with Crippen LogP contribution >= 0.6 is 39.1 Å². The molecule has 28 heavy (non-hydrogen) atoms. The molecule has 0 amide bonds. The minimum absolute atomic E-state index is 0.232. The fourth-order valence-corrected chi connectivity index (χ4v) is 5.22. The number of halogens is 3. The molecule has 1 fully saturated rings. The molecule has 5 nitrogen and oxygen atoms in total. The molecule has 0 aromatic heterocycles. The number of sulfonamides is 1. The summed E-state index contributed by atoms with van der Waals surface area (Å²) in [7, 11) is -3.60. The second-order valence-corrected chi connectivity index (χ2v) is 10.1. The molecule has 152 valence electrons. The van der Waals surface area contributed by atoms with Crippen LogP contribution in [0.2, 0.25) is 10.0 Å². The molecule has 0 radical (unpaired) electrons. The standard InChI is InChI=1S/C19H21BrCl2N2O3S/c1-2-11-27-19-13-15(4-5-16(19)20)28(25,26)24-9-7-23(8-10-24)18-12-14(21)3-6-17(18)22/h3-6,12-13H,2,7-11H2,1H3. The monoisotopic (exact) mass is 506 g/mol. The maximum atomic E-state index is 13.1. The Hall–Kier alpha value is -0.990. The molecule has 0 saturated carbocycles. The van der Waals surface area contributed by atoms with Crippen molar-refractivity contribution in [3.63, 3.8) is 0 Å². The van der Waals surface area contributed by atoms with E-state index >= 15 is 0 Å². The van der Waals surface area contributed by atoms with Gasteiger partial charge in [-0.2, -0.15) is 4.31 Å². The zero-order chi connectivity index (χ0) is 20.3. The van der Waals surface area contributed by atoms with Gasteiger partial charge in [0, 0.05) is 37.3 Å². The third-order valence-corrected chi connectivity index (χ3v) is 7.59. The summed E-state index contributed by atoms with van der Waals surface area (Å²) in [6.45, 7) is 4.34. The van der Waals surface area contributed by atoms with Crippen molar-refractivity contribution in [2.24, 2.45) is 0 Å². The lowest BCUT2D eigenvalue weighted by atomic mass is 10.2. The van der Waals surface area contributed by atoms with Gasteiger partial charge in [0.05, 0.1) is 26.7 Å². The predicted octanol–water partition coefficient (Wildman–Crippen LogP) is 5.06. The molecule has 3 rings (SSSR count). The first-order valence-electron chi connectivity index (χ1n) is 8.95. The number of hydrogen-bond donors (Lipinski definition) is 0. The van der Waals surface area contributed by atoms with Crippen molar-refractivity contribution < 1.29 is 13.2 Å². The highest BCUT2D eigenvalue weighted by Gasteiger charge is 2.29. The van der Waals surface area contributed by atoms with E-state index in [9.17, 15) is 8.42 Å². The average molecular weight is 508 g/mol. The van der Waals surface area contributed by atoms with E-state index in [1.54, 1.807) is 36.4 Å². The summed E-state index contributed by atoms with van der Waals surface area (Å²) >= 11 is 15.8. The number of ether oxygens (including phenoxy) is 1. The first-order valence-corrected chi connectivity index (χ1v) is 11.9. The Balaban J connectivity index is 1.75. The first-order chi connectivity index (χ1) is 13.3. The zero-order valence-electron chi connectivity index (χ0n) is 15.4. The molecule has 0 unspecified atom stereocenters. The fraction of sp³-hybridized carbons (Fsp3) is 0.368. The van der Waals surface area contributed by atoms with Crippen LogP contribution in [0.15, 0.2) is 45.8 Å². The predicted molar refractivity (Wildman–Crippen MR) is 117 cm³/mol. The van der Waals surface area contributed by atoms with Crippen molar-refractivity contribution in [1.29, 1.82) is 0 Å². The molecule has 9 heteroatoms. The quantitative estimate of drug-likeness (QED) is 0.548. The van der Waals surface area contributed by atoms with Crippen LogP contribution < -0.4 is 9.64 Å². The number of anilines is 1. The SMILES string of the molecule is CCCOc1cc(S(=O)(=O)N2CCN(c3cc(Cl)ccc3Cl)CC2)ccc1Br. The van der Waals surface area contributed by atoms with Crippen molar-refractivity contribution >= 4 is 54.8 Å². The number of rotatable bonds is 6. The lowest BCUT2D eigenvalue weighted by Gasteiger charge is -2.35. The lowest BCUT2D eigenvalue weighted by Crippen LogP contribution is -2.48. The average Bonchev–Trinajstić information content (AvgIpc) is 2.69. The molecular weight excluding hydrogens is 487 g/mol. The summed E-state index contributed by atoms with van der Waals surface area (Å²) in [6.07, 6.45) is 0.845. The molecule has 0 N–H and O–H groups in total. The summed E-state index contributed by atoms with van der Waals surface area (Å²) in [4.78, 5) is 2.29. The molecule has 0 aliphatic carbocycles. The zero-order valence-corrected chi connectivity index (χ0v) is 19.3. The topological polar surface area (TPSA) is 49.9 Å². The molecule has 0 bridgehead atoms. The van der Waals surface area contributed by atoms with Crippen LogP contribution in [-0.2, 0) is 10.0 Å². The Morgan fingerprint density at radius 3 is 2.46 bits per heavy atom. The third-order valence-electron chi connectivity index (χ3n) is 4.49. The van der Waals surface area contributed by atoms with E-state index < -0.39 is 10.0 Å². The smallest absolute Gasteiger partial charge is 0.243 e. The summed E-state index contributed by atoms with van der Waals surface area (Å²) in [5.74, 6) is 0.535. The van der Waals surface area contributed by atoms with Gasteiger partial charge in [-0.15, -0.1) is 0 Å². The van der Waals surface area contributed by atoms with Crippen molar-refractivity contribution in [3.05, 3.63) is 50.9 Å². The molecule has 1 saturated heterocycles. The highest BCUT2D eigenvalue weighted by Crippen LogP contribution is 2.32. The van der Waals surface area contributed by atoms with E-state index in [0.717, 1.165) is 16.6 Å². The van der Waals surface area contributed by atoms with Gasteiger partial charge in [-0.3, -0.25) is 0 Å². The largest absolute Gasteiger partial charge is 0.492 e. The molecule has 1 aliphatic heterocycles. The highest BCUT2D eigenvalue weighted by atomic mass is 79.9. The Morgan fingerprint density at radius 2 is 1.79 bits per heavy atom. The van der Waals surface area contributed by atoms with Gasteiger partial charge in [-0.05, 0) is 52.7 Å². The van der Waals surface area contributed by atoms with Crippen molar-refractivity contribution in [1.82, 2.24) is 4.31 Å². The van der Waals surface area contributed by atoms with Crippen LogP contribution in [0, 0.1) is 0 Å². The van der Waals surface area contributed by atoms with Crippen LogP contribution in [0.25, 0.3) is 0 Å². The van der Waals surface area contributed by atoms with E-state index in [1.165, 1.54) is 4.31 Å². The summed E-state index contributed by atoms with van der Waals surface area (Å²) in [5.41, 5.74) is 0.824. The Labute approximate surface area is 184 Å². The van der Waals surface area contributed by atoms with Crippen LogP contribution in [0.5, 0.6) is 5.75 Å². The van der Waals surface area contributed by atoms with E-state index in [1.807, 2.05) is 6.92 Å². The normalized spacial score (nSPS) is 15.6. The van der Waals surface area contributed by atoms with Gasteiger partial charge in [-0.1, -0.05) is 30.1 Å². The molecule has 1 aliphatic rings. The fourth-order valence-electron chi connectivity index (χ4n) is 3.01. The van der Waals surface area contributed by atoms with Crippen molar-refractivity contribution in [3.8, 4) is 5.75 Å². The van der Waals surface area contributed by atoms with Gasteiger partial charge in [0.1, 0.15) is 5.75 Å². The maximum Gasteiger partial charge on any atom is 0.243 e. The highest BCUT2D eigenvalue weighted by molar-refractivity contribution is 9.10. The minimum Gasteiger partial charge on any atom is -0.492 e. The Morgan fingerprint density at radius 1 is 1.07 bits per heavy atom. The van der Waals surface area contributed by atoms with Crippen molar-refractivity contribution in [2.45, 2.75) is 18.2 Å². The van der Waals surface area contributed by atoms with E-state index in [2.05, 4.69) is 20.8 Å². The van der Waals surface area contributed by atoms with Gasteiger partial charge in [0.2, 0.25) is 10.0 Å². The van der Waals surface area contributed by atoms with Crippen molar-refractivity contribution in [2.75, 3.05) is 37.7 Å². The third kappa shape index (κ3) is 4.76. The lowest BCUT2D eigenvalue weighted by molar-refractivity contribution is 0.314. The molecular formula is C19H21BrCl2N2O3S. The van der Waals surface area contributed by atoms with Crippen LogP contribution in [0.4, 0.5) is 5.69 Å². The summed E-state index contributed by atoms with van der Waals surface area (Å²) in [6, 6.07) is 10.2. The van der Waals surface area contributed by atoms with Gasteiger partial charge < -0.3 is 9.64 Å². The van der Waals surface area contributed by atoms with Gasteiger partial charge in [0.25, 0.3) is 0 Å². The second-order valence-electron chi connectivity index (χ2n) is 6.43. The minimum atomic E-state index is -3.60. The number of nitrogens with zero attached hydrogens (tertiary/aromatic N) is 2. The molecule has 0 atom stereocenters. The Kier molecular flexibility index (Phi) is 7.15. The number of hydrogen-bond acceptors (Lipinski definition) is 4. The number of benzene rings is 2. The Bertz CT molecular complexity index is 948. The molecule has 1 heterocycles. The first kappa shape index (κ1) is 21.7. The molecule has 2 aromatic carbocycles. The van der Waals surface area contributed by atoms with Gasteiger partial charge >= 0.3 is 0 Å². The maximum absolute atomic E-state index is 13.1. The van der Waals surface area contributed by atoms with Crippen LogP contribution in [0.3, 0.4) is 0 Å². The van der Waals surface area contributed by atoms with Gasteiger partial charge in [-0.25, -0.2) is 8.42 Å². The van der Waals surface area contributed by atoms with Crippen LogP contribution in [-0.4, -0.2) is 45.5 Å².